The fourth-order valence-corrected chi connectivity index (χ4v) is 12.0. The Morgan fingerprint density at radius 1 is 0.313 bits per heavy atom. The van der Waals surface area contributed by atoms with E-state index in [0.29, 0.717) is 11.4 Å². The first-order valence-electron chi connectivity index (χ1n) is 32.3. The summed E-state index contributed by atoms with van der Waals surface area (Å²) < 4.78 is 64.5. The zero-order chi connectivity index (χ0) is 70.6. The van der Waals surface area contributed by atoms with E-state index < -0.39 is 22.2 Å². The molecule has 0 atom stereocenters. The Morgan fingerprint density at radius 2 is 0.485 bits per heavy atom. The van der Waals surface area contributed by atoms with Gasteiger partial charge in [0.25, 0.3) is 0 Å². The quantitative estimate of drug-likeness (QED) is 0.0367. The molecule has 506 valence electrons. The van der Waals surface area contributed by atoms with E-state index in [9.17, 15) is 21.6 Å². The van der Waals surface area contributed by atoms with Gasteiger partial charge in [-0.15, -0.1) is 11.6 Å². The topological polar surface area (TPSA) is 56.3 Å². The molecule has 12 rings (SSSR count). The highest BCUT2D eigenvalue weighted by atomic mass is 127. The summed E-state index contributed by atoms with van der Waals surface area (Å²) in [5, 5.41) is 0.877. The van der Waals surface area contributed by atoms with Crippen LogP contribution in [0.1, 0.15) is 66.8 Å². The van der Waals surface area contributed by atoms with Crippen molar-refractivity contribution >= 4 is 128 Å². The summed E-state index contributed by atoms with van der Waals surface area (Å²) in [6, 6.07) is 100. The lowest BCUT2D eigenvalue weighted by molar-refractivity contribution is -0.0547. The summed E-state index contributed by atoms with van der Waals surface area (Å²) in [7, 11) is -5.63. The predicted octanol–water partition coefficient (Wildman–Crippen LogP) is 26.0. The molecule has 0 heterocycles. The molecule has 0 saturated carbocycles. The molecule has 0 fully saturated rings. The maximum Gasteiger partial charge on any atom is 0.523 e. The largest absolute Gasteiger partial charge is 0.523 e. The molecule has 0 amide bonds. The smallest absolute Gasteiger partial charge is 0.311 e. The molecular weight excluding hydrogens is 1460 g/mol. The van der Waals surface area contributed by atoms with Crippen LogP contribution in [0.3, 0.4) is 0 Å². The Hall–Kier alpha value is -8.96. The number of halogens is 6. The lowest BCUT2D eigenvalue weighted by Gasteiger charge is -2.26. The van der Waals surface area contributed by atoms with Crippen LogP contribution < -0.4 is 19.6 Å². The van der Waals surface area contributed by atoms with Crippen LogP contribution in [0.25, 0.3) is 0 Å². The molecule has 0 aliphatic heterocycles. The Labute approximate surface area is 610 Å². The van der Waals surface area contributed by atoms with Gasteiger partial charge in [0, 0.05) is 83.9 Å². The van der Waals surface area contributed by atoms with Crippen LogP contribution in [0.2, 0.25) is 0 Å². The first-order valence-corrected chi connectivity index (χ1v) is 36.9. The third kappa shape index (κ3) is 20.8. The van der Waals surface area contributed by atoms with Crippen LogP contribution >= 0.6 is 50.1 Å². The first-order chi connectivity index (χ1) is 47.6. The molecule has 12 aromatic carbocycles. The predicted molar refractivity (Wildman–Crippen MR) is 422 cm³/mol. The van der Waals surface area contributed by atoms with Crippen molar-refractivity contribution in [3.63, 3.8) is 0 Å². The summed E-state index contributed by atoms with van der Waals surface area (Å²) in [5.41, 5.74) is 21.5. The molecule has 0 spiro atoms. The van der Waals surface area contributed by atoms with Crippen molar-refractivity contribution in [2.75, 3.05) is 19.6 Å². The molecule has 12 aromatic rings. The number of rotatable bonds is 18. The fraction of sp³-hybridized carbons (Fsp3) is 0.153. The van der Waals surface area contributed by atoms with Gasteiger partial charge in [-0.05, 0) is 223 Å². The van der Waals surface area contributed by atoms with Gasteiger partial charge in [0.05, 0.1) is 6.61 Å². The summed E-state index contributed by atoms with van der Waals surface area (Å²) in [6.07, 6.45) is 0. The fourth-order valence-electron chi connectivity index (χ4n) is 10.5. The molecular formula is C85H80BrClF3IN4O3S. The van der Waals surface area contributed by atoms with Gasteiger partial charge in [0.2, 0.25) is 0 Å². The zero-order valence-corrected chi connectivity index (χ0v) is 62.0. The Balaban J connectivity index is 0.000000155. The molecule has 0 saturated heterocycles. The van der Waals surface area contributed by atoms with Crippen LogP contribution in [0.15, 0.2) is 291 Å². The maximum atomic E-state index is 12.4. The van der Waals surface area contributed by atoms with Crippen LogP contribution in [-0.4, -0.2) is 13.9 Å². The number of hydrogen-bond donors (Lipinski definition) is 0. The Kier molecular flexibility index (Phi) is 26.4. The highest BCUT2D eigenvalue weighted by Gasteiger charge is 2.47. The van der Waals surface area contributed by atoms with E-state index in [4.69, 9.17) is 11.6 Å². The number of alkyl halides is 6. The van der Waals surface area contributed by atoms with Crippen LogP contribution in [0.5, 0.6) is 0 Å². The Bertz CT molecular complexity index is 4060. The highest BCUT2D eigenvalue weighted by molar-refractivity contribution is 14.1. The van der Waals surface area contributed by atoms with E-state index in [0.717, 1.165) is 60.6 Å². The van der Waals surface area contributed by atoms with Gasteiger partial charge in [0.1, 0.15) is 0 Å². The minimum Gasteiger partial charge on any atom is -0.311 e. The molecule has 0 aromatic heterocycles. The minimum absolute atomic E-state index is 0.305. The number of hydrogen-bond acceptors (Lipinski definition) is 7. The Morgan fingerprint density at radius 3 is 0.657 bits per heavy atom. The van der Waals surface area contributed by atoms with Gasteiger partial charge in [-0.1, -0.05) is 229 Å². The van der Waals surface area contributed by atoms with E-state index in [1.807, 2.05) is 67.3 Å². The molecule has 0 N–H and O–H groups in total. The van der Waals surface area contributed by atoms with Gasteiger partial charge in [0.15, 0.2) is 0 Å². The second-order valence-corrected chi connectivity index (χ2v) is 27.5. The van der Waals surface area contributed by atoms with E-state index in [2.05, 4.69) is 317 Å². The van der Waals surface area contributed by atoms with E-state index in [1.54, 1.807) is 12.1 Å². The van der Waals surface area contributed by atoms with Crippen molar-refractivity contribution in [3.05, 3.63) is 358 Å². The standard InChI is InChI=1S/C22H20F3NO3S.C21H20BrN.C21H20ClN.C21H20IN/c1-16-3-9-19(10-4-16)26(20-11-5-17(2)6-12-20)21-13-7-18(8-14-21)15-29-30(27,28)22(23,24)25;3*1-16-3-9-19(10-4-16)23(20-11-5-17(2)6-12-20)21-13-7-18(15-22)8-14-21/h3-14H,15H2,1-2H3;3*3-14H,15H2,1-2H3. The number of nitrogens with zero attached hydrogens (tertiary/aromatic N) is 4. The molecule has 14 heteroatoms. The van der Waals surface area contributed by atoms with Crippen molar-refractivity contribution < 1.29 is 25.8 Å². The van der Waals surface area contributed by atoms with Crippen molar-refractivity contribution in [1.82, 2.24) is 0 Å². The minimum atomic E-state index is -5.63. The van der Waals surface area contributed by atoms with Crippen LogP contribution in [-0.2, 0) is 36.5 Å². The third-order valence-electron chi connectivity index (χ3n) is 16.2. The molecule has 0 radical (unpaired) electrons. The first kappa shape index (κ1) is 74.3. The molecule has 7 nitrogen and oxygen atoms in total. The van der Waals surface area contributed by atoms with Crippen LogP contribution in [0, 0.1) is 55.4 Å². The van der Waals surface area contributed by atoms with Gasteiger partial charge in [-0.3, -0.25) is 4.18 Å². The zero-order valence-electron chi connectivity index (χ0n) is 56.7. The maximum absolute atomic E-state index is 12.4. The molecule has 0 aliphatic carbocycles. The van der Waals surface area contributed by atoms with Crippen molar-refractivity contribution in [2.24, 2.45) is 0 Å². The van der Waals surface area contributed by atoms with E-state index >= 15 is 0 Å². The van der Waals surface area contributed by atoms with Gasteiger partial charge < -0.3 is 19.6 Å². The molecule has 0 unspecified atom stereocenters. The average molecular weight is 1540 g/mol. The van der Waals surface area contributed by atoms with E-state index in [-0.39, 0.29) is 0 Å². The van der Waals surface area contributed by atoms with Gasteiger partial charge >= 0.3 is 15.6 Å². The second-order valence-electron chi connectivity index (χ2n) is 24.3. The highest BCUT2D eigenvalue weighted by Crippen LogP contribution is 2.40. The molecule has 0 aliphatic rings. The second kappa shape index (κ2) is 35.2. The summed E-state index contributed by atoms with van der Waals surface area (Å²) in [4.78, 5) is 8.85. The number of benzene rings is 12. The number of aryl methyl sites for hydroxylation is 8. The van der Waals surface area contributed by atoms with Gasteiger partial charge in [-0.2, -0.15) is 21.6 Å². The SMILES string of the molecule is Cc1ccc(N(c2ccc(C)cc2)c2ccc(CBr)cc2)cc1.Cc1ccc(N(c2ccc(C)cc2)c2ccc(CCl)cc2)cc1.Cc1ccc(N(c2ccc(C)cc2)c2ccc(CI)cc2)cc1.Cc1ccc(N(c2ccc(C)cc2)c2ccc(COS(=O)(=O)C(F)(F)F)cc2)cc1. The van der Waals surface area contributed by atoms with Crippen molar-refractivity contribution in [3.8, 4) is 0 Å². The molecule has 99 heavy (non-hydrogen) atoms. The van der Waals surface area contributed by atoms with Crippen LogP contribution in [0.4, 0.5) is 81.4 Å². The lowest BCUT2D eigenvalue weighted by Crippen LogP contribution is -2.25. The van der Waals surface area contributed by atoms with Gasteiger partial charge in [-0.25, -0.2) is 0 Å². The van der Waals surface area contributed by atoms with E-state index in [1.165, 1.54) is 90.8 Å². The van der Waals surface area contributed by atoms with Crippen molar-refractivity contribution in [2.45, 2.75) is 83.1 Å². The van der Waals surface area contributed by atoms with Crippen molar-refractivity contribution in [1.29, 1.82) is 0 Å². The average Bonchev–Trinajstić information content (AvgIpc) is 0.846. The summed E-state index contributed by atoms with van der Waals surface area (Å²) in [6.45, 7) is 16.0. The molecule has 0 bridgehead atoms. The number of anilines is 12. The monoisotopic (exact) mass is 1530 g/mol. The summed E-state index contributed by atoms with van der Waals surface area (Å²) in [5.74, 6) is 0.537. The summed E-state index contributed by atoms with van der Waals surface area (Å²) >= 11 is 11.8. The third-order valence-corrected chi connectivity index (χ3v) is 19.1. The normalized spacial score (nSPS) is 11.0. The lowest BCUT2D eigenvalue weighted by atomic mass is 10.1.